The summed E-state index contributed by atoms with van der Waals surface area (Å²) in [5, 5.41) is 11.7. The Hall–Kier alpha value is -3.20. The Morgan fingerprint density at radius 3 is 2.75 bits per heavy atom. The number of aryl methyl sites for hydroxylation is 1. The highest BCUT2D eigenvalue weighted by Crippen LogP contribution is 2.55. The molecule has 32 heavy (non-hydrogen) atoms. The van der Waals surface area contributed by atoms with Gasteiger partial charge in [-0.25, -0.2) is 14.8 Å². The molecule has 2 amide bonds. The van der Waals surface area contributed by atoms with E-state index >= 15 is 0 Å². The summed E-state index contributed by atoms with van der Waals surface area (Å²) < 4.78 is 10.9. The van der Waals surface area contributed by atoms with Crippen LogP contribution >= 0.6 is 11.6 Å². The van der Waals surface area contributed by atoms with Crippen molar-refractivity contribution in [3.8, 4) is 17.1 Å². The molecule has 5 rings (SSSR count). The minimum Gasteiger partial charge on any atom is -0.494 e. The average molecular weight is 455 g/mol. The minimum atomic E-state index is -0.554. The van der Waals surface area contributed by atoms with Gasteiger partial charge in [-0.2, -0.15) is 0 Å². The Kier molecular flexibility index (Phi) is 5.00. The Bertz CT molecular complexity index is 1170. The number of aromatic nitrogens is 4. The van der Waals surface area contributed by atoms with Gasteiger partial charge in [0.25, 0.3) is 0 Å². The third-order valence-electron chi connectivity index (χ3n) is 6.23. The molecule has 0 saturated carbocycles. The first-order valence-corrected chi connectivity index (χ1v) is 10.8. The molecule has 9 nitrogen and oxygen atoms in total. The van der Waals surface area contributed by atoms with Gasteiger partial charge in [0.05, 0.1) is 24.5 Å². The molecule has 2 aromatic heterocycles. The second-order valence-corrected chi connectivity index (χ2v) is 8.91. The van der Waals surface area contributed by atoms with E-state index in [4.69, 9.17) is 20.8 Å². The molecule has 2 fully saturated rings. The van der Waals surface area contributed by atoms with Gasteiger partial charge in [-0.15, -0.1) is 10.2 Å². The Morgan fingerprint density at radius 2 is 2.06 bits per heavy atom. The standard InChI is InChI=1S/C22H23ClN6O3/c1-12-6-15-9-22(8-12,20-28-27-13(2)32-20)29(15)21(30)26-14-4-5-18(23)17(7-14)19-24-10-16(31-3)11-25-19/h4-5,7,10-12,15H,6,8-9H2,1-3H3,(H,26,30)/t12-,15+,22-/m0/s1. The average Bonchev–Trinajstić information content (AvgIpc) is 3.21. The van der Waals surface area contributed by atoms with Crippen molar-refractivity contribution < 1.29 is 13.9 Å². The molecule has 2 aliphatic heterocycles. The number of anilines is 1. The zero-order chi connectivity index (χ0) is 22.5. The van der Waals surface area contributed by atoms with Gasteiger partial charge >= 0.3 is 6.03 Å². The molecule has 10 heteroatoms. The molecule has 4 heterocycles. The maximum Gasteiger partial charge on any atom is 0.323 e. The zero-order valence-electron chi connectivity index (χ0n) is 18.0. The summed E-state index contributed by atoms with van der Waals surface area (Å²) in [5.41, 5.74) is 0.664. The first-order chi connectivity index (χ1) is 15.4. The smallest absolute Gasteiger partial charge is 0.323 e. The van der Waals surface area contributed by atoms with Gasteiger partial charge in [-0.1, -0.05) is 18.5 Å². The lowest BCUT2D eigenvalue weighted by atomic mass is 9.64. The quantitative estimate of drug-likeness (QED) is 0.621. The summed E-state index contributed by atoms with van der Waals surface area (Å²) in [7, 11) is 1.55. The lowest BCUT2D eigenvalue weighted by molar-refractivity contribution is -0.110. The van der Waals surface area contributed by atoms with E-state index in [0.29, 0.717) is 45.5 Å². The second-order valence-electron chi connectivity index (χ2n) is 8.50. The predicted octanol–water partition coefficient (Wildman–Crippen LogP) is 4.43. The van der Waals surface area contributed by atoms with Gasteiger partial charge < -0.3 is 19.4 Å². The largest absolute Gasteiger partial charge is 0.494 e. The highest BCUT2D eigenvalue weighted by molar-refractivity contribution is 6.33. The van der Waals surface area contributed by atoms with Crippen molar-refractivity contribution in [2.24, 2.45) is 5.92 Å². The van der Waals surface area contributed by atoms with Gasteiger partial charge in [0.1, 0.15) is 5.54 Å². The van der Waals surface area contributed by atoms with Crippen molar-refractivity contribution in [3.05, 3.63) is 47.4 Å². The predicted molar refractivity (Wildman–Crippen MR) is 117 cm³/mol. The third kappa shape index (κ3) is 3.37. The molecule has 3 atom stereocenters. The molecule has 1 aromatic carbocycles. The van der Waals surface area contributed by atoms with E-state index in [1.165, 1.54) is 0 Å². The van der Waals surface area contributed by atoms with Crippen LogP contribution in [0.5, 0.6) is 5.75 Å². The van der Waals surface area contributed by atoms with E-state index in [1.54, 1.807) is 44.6 Å². The molecular weight excluding hydrogens is 432 g/mol. The van der Waals surface area contributed by atoms with E-state index in [2.05, 4.69) is 32.4 Å². The Labute approximate surface area is 190 Å². The summed E-state index contributed by atoms with van der Waals surface area (Å²) in [5.74, 6) is 2.47. The highest BCUT2D eigenvalue weighted by atomic mass is 35.5. The SMILES string of the molecule is COc1cnc(-c2cc(NC(=O)N3[C@@H]4C[C@H](C)C[C@@]3(c3nnc(C)o3)C4)ccc2Cl)nc1. The number of methoxy groups -OCH3 is 1. The number of nitrogens with zero attached hydrogens (tertiary/aromatic N) is 5. The van der Waals surface area contributed by atoms with Crippen LogP contribution in [0.3, 0.4) is 0 Å². The molecule has 3 aromatic rings. The number of benzene rings is 1. The van der Waals surface area contributed by atoms with E-state index in [0.717, 1.165) is 19.3 Å². The van der Waals surface area contributed by atoms with E-state index < -0.39 is 5.54 Å². The number of carbonyl (C=O) groups excluding carboxylic acids is 1. The van der Waals surface area contributed by atoms with Crippen molar-refractivity contribution >= 4 is 23.3 Å². The molecule has 0 spiro atoms. The van der Waals surface area contributed by atoms with Gasteiger partial charge in [-0.05, 0) is 37.0 Å². The van der Waals surface area contributed by atoms with Crippen LogP contribution in [-0.4, -0.2) is 44.2 Å². The maximum absolute atomic E-state index is 13.4. The van der Waals surface area contributed by atoms with Crippen LogP contribution in [-0.2, 0) is 5.54 Å². The van der Waals surface area contributed by atoms with Crippen LogP contribution in [0.2, 0.25) is 5.02 Å². The van der Waals surface area contributed by atoms with Crippen LogP contribution in [0.15, 0.2) is 35.0 Å². The molecule has 0 aliphatic carbocycles. The van der Waals surface area contributed by atoms with Gasteiger partial charge in [0.2, 0.25) is 11.8 Å². The number of amides is 2. The van der Waals surface area contributed by atoms with E-state index in [-0.39, 0.29) is 12.1 Å². The van der Waals surface area contributed by atoms with Crippen LogP contribution in [0.1, 0.15) is 38.0 Å². The fourth-order valence-corrected chi connectivity index (χ4v) is 5.15. The third-order valence-corrected chi connectivity index (χ3v) is 6.56. The Balaban J connectivity index is 1.41. The number of hydrogen-bond acceptors (Lipinski definition) is 7. The monoisotopic (exact) mass is 454 g/mol. The molecule has 0 radical (unpaired) electrons. The lowest BCUT2D eigenvalue weighted by Gasteiger charge is -2.61. The molecule has 2 saturated heterocycles. The van der Waals surface area contributed by atoms with Crippen molar-refractivity contribution in [2.75, 3.05) is 12.4 Å². The maximum atomic E-state index is 13.4. The summed E-state index contributed by atoms with van der Waals surface area (Å²) in [6.45, 7) is 3.95. The lowest BCUT2D eigenvalue weighted by Crippen LogP contribution is -2.70. The fraction of sp³-hybridized carbons (Fsp3) is 0.409. The highest BCUT2D eigenvalue weighted by Gasteiger charge is 2.62. The number of nitrogens with one attached hydrogen (secondary N) is 1. The van der Waals surface area contributed by atoms with Gasteiger partial charge in [0.15, 0.2) is 11.6 Å². The number of fused-ring (bicyclic) bond motifs is 2. The van der Waals surface area contributed by atoms with Crippen LogP contribution in [0, 0.1) is 12.8 Å². The van der Waals surface area contributed by atoms with Crippen molar-refractivity contribution in [3.63, 3.8) is 0 Å². The summed E-state index contributed by atoms with van der Waals surface area (Å²) in [6.07, 6.45) is 5.72. The Morgan fingerprint density at radius 1 is 1.28 bits per heavy atom. The molecule has 1 N–H and O–H groups in total. The van der Waals surface area contributed by atoms with Crippen LogP contribution in [0.25, 0.3) is 11.4 Å². The van der Waals surface area contributed by atoms with Gasteiger partial charge in [-0.3, -0.25) is 0 Å². The zero-order valence-corrected chi connectivity index (χ0v) is 18.8. The fourth-order valence-electron chi connectivity index (χ4n) is 4.95. The summed E-state index contributed by atoms with van der Waals surface area (Å²) >= 11 is 6.38. The minimum absolute atomic E-state index is 0.141. The first kappa shape index (κ1) is 20.7. The summed E-state index contributed by atoms with van der Waals surface area (Å²) in [4.78, 5) is 23.8. The number of rotatable bonds is 4. The first-order valence-electron chi connectivity index (χ1n) is 10.5. The molecule has 2 aliphatic rings. The van der Waals surface area contributed by atoms with Crippen molar-refractivity contribution in [1.29, 1.82) is 0 Å². The molecular formula is C22H23ClN6O3. The number of piperidine rings is 1. The number of carbonyl (C=O) groups is 1. The van der Waals surface area contributed by atoms with Crippen LogP contribution in [0.4, 0.5) is 10.5 Å². The van der Waals surface area contributed by atoms with Gasteiger partial charge in [0, 0.05) is 30.6 Å². The molecule has 2 bridgehead atoms. The van der Waals surface area contributed by atoms with Crippen molar-refractivity contribution in [1.82, 2.24) is 25.1 Å². The number of halogens is 1. The van der Waals surface area contributed by atoms with Crippen LogP contribution < -0.4 is 10.1 Å². The summed E-state index contributed by atoms with van der Waals surface area (Å²) in [6, 6.07) is 5.19. The second kappa shape index (κ2) is 7.74. The molecule has 0 unspecified atom stereocenters. The molecule has 166 valence electrons. The number of hydrogen-bond donors (Lipinski definition) is 1. The van der Waals surface area contributed by atoms with E-state index in [1.807, 2.05) is 4.90 Å². The van der Waals surface area contributed by atoms with E-state index in [9.17, 15) is 4.79 Å². The number of ether oxygens (including phenoxy) is 1. The van der Waals surface area contributed by atoms with Crippen molar-refractivity contribution in [2.45, 2.75) is 44.7 Å². The normalized spacial score (nSPS) is 24.1. The number of urea groups is 1. The topological polar surface area (TPSA) is 106 Å².